The largest absolute Gasteiger partial charge is 0.372 e. The second-order valence-corrected chi connectivity index (χ2v) is 1.85. The van der Waals surface area contributed by atoms with Crippen molar-refractivity contribution in [3.8, 4) is 0 Å². The van der Waals surface area contributed by atoms with E-state index in [0.717, 1.165) is 0 Å². The van der Waals surface area contributed by atoms with Gasteiger partial charge in [0.15, 0.2) is 0 Å². The van der Waals surface area contributed by atoms with Gasteiger partial charge in [-0.3, -0.25) is 10.4 Å². The van der Waals surface area contributed by atoms with E-state index < -0.39 is 0 Å². The summed E-state index contributed by atoms with van der Waals surface area (Å²) in [5.41, 5.74) is 0.647. The predicted octanol–water partition coefficient (Wildman–Crippen LogP) is 0.0461. The smallest absolute Gasteiger partial charge is 0.147 e. The Labute approximate surface area is 59.5 Å². The molecule has 0 saturated carbocycles. The van der Waals surface area contributed by atoms with Crippen molar-refractivity contribution in [2.45, 2.75) is 6.92 Å². The van der Waals surface area contributed by atoms with Gasteiger partial charge in [-0.05, 0) is 6.92 Å². The quantitative estimate of drug-likeness (QED) is 0.448. The van der Waals surface area contributed by atoms with Crippen LogP contribution in [-0.2, 0) is 0 Å². The van der Waals surface area contributed by atoms with Crippen LogP contribution < -0.4 is 10.6 Å². The van der Waals surface area contributed by atoms with E-state index in [-0.39, 0.29) is 0 Å². The molecular formula is C6H10N4. The molecule has 0 fully saturated rings. The molecule has 1 heterocycles. The molecule has 3 N–H and O–H groups in total. The standard InChI is InChI=1S/C6H10N4/c1-2-9-5-3-8-4-10-6(5)7/h2-3,8H,4H2,1H3,(H2,7,10). The summed E-state index contributed by atoms with van der Waals surface area (Å²) < 4.78 is 0. The molecule has 1 aliphatic heterocycles. The average Bonchev–Trinajstić information content (AvgIpc) is 1.94. The molecule has 0 spiro atoms. The molecule has 1 rings (SSSR count). The minimum absolute atomic E-state index is 0.372. The summed E-state index contributed by atoms with van der Waals surface area (Å²) in [7, 11) is 0. The summed E-state index contributed by atoms with van der Waals surface area (Å²) in [6.07, 6.45) is 3.38. The second kappa shape index (κ2) is 3.00. The fraction of sp³-hybridized carbons (Fsp3) is 0.333. The van der Waals surface area contributed by atoms with Crippen molar-refractivity contribution >= 4 is 12.1 Å². The van der Waals surface area contributed by atoms with E-state index in [0.29, 0.717) is 18.2 Å². The van der Waals surface area contributed by atoms with Gasteiger partial charge in [-0.1, -0.05) is 0 Å². The third kappa shape index (κ3) is 1.34. The van der Waals surface area contributed by atoms with Crippen molar-refractivity contribution in [1.29, 1.82) is 5.41 Å². The van der Waals surface area contributed by atoms with Gasteiger partial charge in [-0.2, -0.15) is 0 Å². The Bertz CT molecular complexity index is 192. The number of nitrogens with zero attached hydrogens (tertiary/aromatic N) is 1. The van der Waals surface area contributed by atoms with Gasteiger partial charge in [-0.25, -0.2) is 0 Å². The lowest BCUT2D eigenvalue weighted by atomic mass is 10.4. The van der Waals surface area contributed by atoms with Crippen molar-refractivity contribution < 1.29 is 0 Å². The van der Waals surface area contributed by atoms with E-state index in [1.54, 1.807) is 12.4 Å². The molecule has 0 aliphatic carbocycles. The lowest BCUT2D eigenvalue weighted by Crippen LogP contribution is -2.36. The Kier molecular flexibility index (Phi) is 2.04. The highest BCUT2D eigenvalue weighted by Crippen LogP contribution is 1.96. The zero-order chi connectivity index (χ0) is 7.40. The average molecular weight is 138 g/mol. The highest BCUT2D eigenvalue weighted by molar-refractivity contribution is 5.97. The molecule has 1 aliphatic rings. The van der Waals surface area contributed by atoms with Gasteiger partial charge in [0.2, 0.25) is 0 Å². The molecule has 4 nitrogen and oxygen atoms in total. The van der Waals surface area contributed by atoms with Crippen molar-refractivity contribution in [2.75, 3.05) is 6.67 Å². The molecule has 0 aromatic rings. The first-order valence-electron chi connectivity index (χ1n) is 3.09. The summed E-state index contributed by atoms with van der Waals surface area (Å²) in [4.78, 5) is 3.95. The van der Waals surface area contributed by atoms with E-state index in [1.807, 2.05) is 6.92 Å². The van der Waals surface area contributed by atoms with Gasteiger partial charge in [0, 0.05) is 12.4 Å². The number of nitrogens with one attached hydrogen (secondary N) is 3. The summed E-state index contributed by atoms with van der Waals surface area (Å²) >= 11 is 0. The van der Waals surface area contributed by atoms with E-state index in [9.17, 15) is 0 Å². The van der Waals surface area contributed by atoms with Gasteiger partial charge in [-0.15, -0.1) is 0 Å². The topological polar surface area (TPSA) is 60.3 Å². The SMILES string of the molecule is CC=NC1=CNCNC1=N. The van der Waals surface area contributed by atoms with Crippen LogP contribution in [0.1, 0.15) is 6.92 Å². The van der Waals surface area contributed by atoms with Crippen LogP contribution in [0.3, 0.4) is 0 Å². The molecular weight excluding hydrogens is 128 g/mol. The molecule has 0 aromatic heterocycles. The molecule has 4 heteroatoms. The monoisotopic (exact) mass is 138 g/mol. The van der Waals surface area contributed by atoms with Gasteiger partial charge in [0.1, 0.15) is 11.5 Å². The molecule has 0 atom stereocenters. The van der Waals surface area contributed by atoms with Crippen molar-refractivity contribution in [1.82, 2.24) is 10.6 Å². The number of rotatable bonds is 1. The van der Waals surface area contributed by atoms with Crippen LogP contribution >= 0.6 is 0 Å². The Morgan fingerprint density at radius 3 is 3.20 bits per heavy atom. The first kappa shape index (κ1) is 6.80. The van der Waals surface area contributed by atoms with Crippen LogP contribution in [-0.4, -0.2) is 18.7 Å². The lowest BCUT2D eigenvalue weighted by Gasteiger charge is -2.13. The maximum absolute atomic E-state index is 7.32. The zero-order valence-electron chi connectivity index (χ0n) is 5.81. The van der Waals surface area contributed by atoms with Crippen LogP contribution in [0, 0.1) is 5.41 Å². The molecule has 54 valence electrons. The van der Waals surface area contributed by atoms with Gasteiger partial charge in [0.05, 0.1) is 6.67 Å². The molecule has 0 radical (unpaired) electrons. The molecule has 0 bridgehead atoms. The molecule has 10 heavy (non-hydrogen) atoms. The van der Waals surface area contributed by atoms with Gasteiger partial charge < -0.3 is 10.6 Å². The summed E-state index contributed by atoms with van der Waals surface area (Å²) in [5, 5.41) is 13.0. The van der Waals surface area contributed by atoms with Crippen LogP contribution in [0.2, 0.25) is 0 Å². The third-order valence-electron chi connectivity index (χ3n) is 1.13. The van der Waals surface area contributed by atoms with Crippen LogP contribution in [0.25, 0.3) is 0 Å². The van der Waals surface area contributed by atoms with Crippen LogP contribution in [0.4, 0.5) is 0 Å². The first-order chi connectivity index (χ1) is 4.84. The predicted molar refractivity (Wildman–Crippen MR) is 41.1 cm³/mol. The van der Waals surface area contributed by atoms with E-state index in [1.165, 1.54) is 0 Å². The Morgan fingerprint density at radius 2 is 2.60 bits per heavy atom. The maximum Gasteiger partial charge on any atom is 0.147 e. The number of hydrogen-bond acceptors (Lipinski definition) is 3. The second-order valence-electron chi connectivity index (χ2n) is 1.85. The lowest BCUT2D eigenvalue weighted by molar-refractivity contribution is 0.766. The highest BCUT2D eigenvalue weighted by Gasteiger charge is 2.04. The maximum atomic E-state index is 7.32. The number of hydrogen-bond donors (Lipinski definition) is 3. The van der Waals surface area contributed by atoms with Crippen molar-refractivity contribution in [3.05, 3.63) is 11.9 Å². The molecule has 0 amide bonds. The van der Waals surface area contributed by atoms with Crippen LogP contribution in [0.5, 0.6) is 0 Å². The normalized spacial score (nSPS) is 18.1. The van der Waals surface area contributed by atoms with E-state index in [2.05, 4.69) is 15.6 Å². The fourth-order valence-electron chi connectivity index (χ4n) is 0.691. The van der Waals surface area contributed by atoms with E-state index >= 15 is 0 Å². The zero-order valence-corrected chi connectivity index (χ0v) is 5.81. The Balaban J connectivity index is 2.71. The minimum atomic E-state index is 0.372. The van der Waals surface area contributed by atoms with Crippen molar-refractivity contribution in [3.63, 3.8) is 0 Å². The van der Waals surface area contributed by atoms with Crippen molar-refractivity contribution in [2.24, 2.45) is 4.99 Å². The number of amidine groups is 1. The Morgan fingerprint density at radius 1 is 1.80 bits per heavy atom. The Hall–Kier alpha value is -1.32. The van der Waals surface area contributed by atoms with Crippen LogP contribution in [0.15, 0.2) is 16.9 Å². The summed E-state index contributed by atoms with van der Waals surface area (Å²) in [6, 6.07) is 0. The van der Waals surface area contributed by atoms with E-state index in [4.69, 9.17) is 5.41 Å². The molecule has 0 unspecified atom stereocenters. The number of aliphatic imine (C=N–C) groups is 1. The molecule has 0 saturated heterocycles. The highest BCUT2D eigenvalue weighted by atomic mass is 15.1. The first-order valence-corrected chi connectivity index (χ1v) is 3.09. The third-order valence-corrected chi connectivity index (χ3v) is 1.13. The summed E-state index contributed by atoms with van der Waals surface area (Å²) in [6.45, 7) is 2.43. The summed E-state index contributed by atoms with van der Waals surface area (Å²) in [5.74, 6) is 0.372. The van der Waals surface area contributed by atoms with Gasteiger partial charge in [0.25, 0.3) is 0 Å². The minimum Gasteiger partial charge on any atom is -0.372 e. The van der Waals surface area contributed by atoms with Gasteiger partial charge >= 0.3 is 0 Å². The molecule has 0 aromatic carbocycles. The fourth-order valence-corrected chi connectivity index (χ4v) is 0.691.